The first-order valence-corrected chi connectivity index (χ1v) is 7.10. The maximum absolute atomic E-state index is 11.7. The molecule has 0 saturated heterocycles. The van der Waals surface area contributed by atoms with Crippen molar-refractivity contribution in [1.82, 2.24) is 15.5 Å². The molecule has 2 rings (SSSR count). The number of nitrogens with zero attached hydrogens (tertiary/aromatic N) is 2. The van der Waals surface area contributed by atoms with Gasteiger partial charge in [0.05, 0.1) is 0 Å². The Bertz CT molecular complexity index is 578. The highest BCUT2D eigenvalue weighted by Gasteiger charge is 2.06. The van der Waals surface area contributed by atoms with Gasteiger partial charge >= 0.3 is 0 Å². The van der Waals surface area contributed by atoms with E-state index in [9.17, 15) is 4.79 Å². The summed E-state index contributed by atoms with van der Waals surface area (Å²) in [6.07, 6.45) is 0.898. The number of carbonyl (C=O) groups is 1. The summed E-state index contributed by atoms with van der Waals surface area (Å²) in [6, 6.07) is 11.7. The van der Waals surface area contributed by atoms with Gasteiger partial charge in [0.1, 0.15) is 5.82 Å². The zero-order valence-electron chi connectivity index (χ0n) is 12.4. The summed E-state index contributed by atoms with van der Waals surface area (Å²) in [7, 11) is 0. The average Bonchev–Trinajstić information content (AvgIpc) is 2.52. The van der Waals surface area contributed by atoms with Crippen molar-refractivity contribution in [2.45, 2.75) is 26.8 Å². The molecule has 0 spiro atoms. The van der Waals surface area contributed by atoms with Crippen molar-refractivity contribution in [3.05, 3.63) is 53.2 Å². The van der Waals surface area contributed by atoms with E-state index in [1.807, 2.05) is 6.92 Å². The predicted octanol–water partition coefficient (Wildman–Crippen LogP) is 2.54. The van der Waals surface area contributed by atoms with E-state index in [1.165, 1.54) is 11.1 Å². The van der Waals surface area contributed by atoms with Crippen LogP contribution in [0.15, 0.2) is 36.4 Å². The summed E-state index contributed by atoms with van der Waals surface area (Å²) >= 11 is 0. The Kier molecular flexibility index (Phi) is 5.26. The zero-order chi connectivity index (χ0) is 15.1. The summed E-state index contributed by atoms with van der Waals surface area (Å²) in [6.45, 7) is 5.39. The number of amides is 1. The number of benzene rings is 1. The third kappa shape index (κ3) is 4.56. The molecule has 0 bridgehead atoms. The summed E-state index contributed by atoms with van der Waals surface area (Å²) in [4.78, 5) is 11.7. The van der Waals surface area contributed by atoms with E-state index in [2.05, 4.69) is 52.0 Å². The van der Waals surface area contributed by atoms with Gasteiger partial charge in [-0.15, -0.1) is 10.2 Å². The zero-order valence-corrected chi connectivity index (χ0v) is 12.4. The normalized spacial score (nSPS) is 10.2. The highest BCUT2D eigenvalue weighted by molar-refractivity contribution is 5.92. The molecule has 5 heteroatoms. The highest BCUT2D eigenvalue weighted by Crippen LogP contribution is 2.07. The lowest BCUT2D eigenvalue weighted by Gasteiger charge is -2.06. The van der Waals surface area contributed by atoms with Gasteiger partial charge < -0.3 is 10.6 Å². The predicted molar refractivity (Wildman–Crippen MR) is 83.2 cm³/mol. The third-order valence-electron chi connectivity index (χ3n) is 3.03. The van der Waals surface area contributed by atoms with Gasteiger partial charge in [0.25, 0.3) is 5.91 Å². The Morgan fingerprint density at radius 3 is 2.48 bits per heavy atom. The molecule has 2 aromatic rings. The van der Waals surface area contributed by atoms with Gasteiger partial charge in [-0.1, -0.05) is 36.8 Å². The molecule has 0 unspecified atom stereocenters. The monoisotopic (exact) mass is 284 g/mol. The first-order valence-electron chi connectivity index (χ1n) is 7.10. The second-order valence-corrected chi connectivity index (χ2v) is 4.90. The minimum absolute atomic E-state index is 0.186. The number of rotatable bonds is 6. The van der Waals surface area contributed by atoms with Gasteiger partial charge in [0, 0.05) is 13.1 Å². The van der Waals surface area contributed by atoms with E-state index in [0.29, 0.717) is 24.6 Å². The van der Waals surface area contributed by atoms with Crippen molar-refractivity contribution < 1.29 is 4.79 Å². The molecule has 0 saturated carbocycles. The van der Waals surface area contributed by atoms with Crippen LogP contribution < -0.4 is 10.6 Å². The molecular formula is C16H20N4O. The topological polar surface area (TPSA) is 66.9 Å². The van der Waals surface area contributed by atoms with Crippen molar-refractivity contribution in [3.8, 4) is 0 Å². The van der Waals surface area contributed by atoms with Gasteiger partial charge in [-0.2, -0.15) is 0 Å². The van der Waals surface area contributed by atoms with Crippen LogP contribution in [0.5, 0.6) is 0 Å². The summed E-state index contributed by atoms with van der Waals surface area (Å²) in [5, 5.41) is 13.9. The molecule has 0 fully saturated rings. The Hall–Kier alpha value is -2.43. The Morgan fingerprint density at radius 1 is 1.10 bits per heavy atom. The van der Waals surface area contributed by atoms with Crippen molar-refractivity contribution >= 4 is 11.7 Å². The lowest BCUT2D eigenvalue weighted by molar-refractivity contribution is 0.0947. The molecule has 0 atom stereocenters. The van der Waals surface area contributed by atoms with Crippen LogP contribution in [0.2, 0.25) is 0 Å². The molecule has 1 aromatic carbocycles. The van der Waals surface area contributed by atoms with Crippen molar-refractivity contribution in [1.29, 1.82) is 0 Å². The van der Waals surface area contributed by atoms with Crippen LogP contribution in [0.1, 0.15) is 35.0 Å². The Balaban J connectivity index is 1.90. The van der Waals surface area contributed by atoms with Gasteiger partial charge in [0.15, 0.2) is 5.69 Å². The van der Waals surface area contributed by atoms with E-state index in [1.54, 1.807) is 12.1 Å². The van der Waals surface area contributed by atoms with Crippen molar-refractivity contribution in [2.24, 2.45) is 0 Å². The van der Waals surface area contributed by atoms with Crippen molar-refractivity contribution in [3.63, 3.8) is 0 Å². The molecule has 1 heterocycles. The Morgan fingerprint density at radius 2 is 1.86 bits per heavy atom. The van der Waals surface area contributed by atoms with Crippen LogP contribution in [-0.2, 0) is 6.54 Å². The SMILES string of the molecule is CCCNC(=O)c1ccc(NCc2ccc(C)cc2)nn1. The van der Waals surface area contributed by atoms with Crippen LogP contribution in [0.25, 0.3) is 0 Å². The standard InChI is InChI=1S/C16H20N4O/c1-3-10-17-16(21)14-8-9-15(20-19-14)18-11-13-6-4-12(2)5-7-13/h4-9H,3,10-11H2,1-2H3,(H,17,21)(H,18,20). The van der Waals surface area contributed by atoms with Crippen LogP contribution >= 0.6 is 0 Å². The number of aromatic nitrogens is 2. The molecule has 1 aromatic heterocycles. The first kappa shape index (κ1) is 15.0. The highest BCUT2D eigenvalue weighted by atomic mass is 16.1. The van der Waals surface area contributed by atoms with E-state index >= 15 is 0 Å². The minimum Gasteiger partial charge on any atom is -0.365 e. The van der Waals surface area contributed by atoms with E-state index in [-0.39, 0.29) is 5.91 Å². The minimum atomic E-state index is -0.186. The molecule has 0 aliphatic rings. The van der Waals surface area contributed by atoms with Gasteiger partial charge in [0.2, 0.25) is 0 Å². The maximum Gasteiger partial charge on any atom is 0.271 e. The number of aryl methyl sites for hydroxylation is 1. The lowest BCUT2D eigenvalue weighted by atomic mass is 10.1. The summed E-state index contributed by atoms with van der Waals surface area (Å²) in [5.74, 6) is 0.469. The van der Waals surface area contributed by atoms with E-state index in [4.69, 9.17) is 0 Å². The fourth-order valence-corrected chi connectivity index (χ4v) is 1.78. The second kappa shape index (κ2) is 7.38. The molecule has 110 valence electrons. The maximum atomic E-state index is 11.7. The third-order valence-corrected chi connectivity index (χ3v) is 3.03. The van der Waals surface area contributed by atoms with Crippen LogP contribution in [0.3, 0.4) is 0 Å². The van der Waals surface area contributed by atoms with Gasteiger partial charge in [-0.25, -0.2) is 0 Å². The number of hydrogen-bond donors (Lipinski definition) is 2. The van der Waals surface area contributed by atoms with Crippen LogP contribution in [0, 0.1) is 6.92 Å². The second-order valence-electron chi connectivity index (χ2n) is 4.90. The van der Waals surface area contributed by atoms with Crippen LogP contribution in [0.4, 0.5) is 5.82 Å². The first-order chi connectivity index (χ1) is 10.2. The molecule has 5 nitrogen and oxygen atoms in total. The number of nitrogens with one attached hydrogen (secondary N) is 2. The fraction of sp³-hybridized carbons (Fsp3) is 0.312. The molecule has 0 radical (unpaired) electrons. The summed E-state index contributed by atoms with van der Waals surface area (Å²) in [5.41, 5.74) is 2.75. The molecule has 0 aliphatic heterocycles. The molecule has 0 aliphatic carbocycles. The number of hydrogen-bond acceptors (Lipinski definition) is 4. The molecule has 21 heavy (non-hydrogen) atoms. The quantitative estimate of drug-likeness (QED) is 0.855. The number of carbonyl (C=O) groups excluding carboxylic acids is 1. The number of anilines is 1. The average molecular weight is 284 g/mol. The smallest absolute Gasteiger partial charge is 0.271 e. The molecule has 2 N–H and O–H groups in total. The largest absolute Gasteiger partial charge is 0.365 e. The summed E-state index contributed by atoms with van der Waals surface area (Å²) < 4.78 is 0. The van der Waals surface area contributed by atoms with E-state index in [0.717, 1.165) is 6.42 Å². The molecule has 1 amide bonds. The van der Waals surface area contributed by atoms with E-state index < -0.39 is 0 Å². The van der Waals surface area contributed by atoms with Crippen LogP contribution in [-0.4, -0.2) is 22.6 Å². The van der Waals surface area contributed by atoms with Crippen molar-refractivity contribution in [2.75, 3.05) is 11.9 Å². The molecular weight excluding hydrogens is 264 g/mol. The van der Waals surface area contributed by atoms with Gasteiger partial charge in [-0.3, -0.25) is 4.79 Å². The Labute approximate surface area is 124 Å². The lowest BCUT2D eigenvalue weighted by Crippen LogP contribution is -2.25. The van der Waals surface area contributed by atoms with Gasteiger partial charge in [-0.05, 0) is 31.0 Å². The fourth-order valence-electron chi connectivity index (χ4n) is 1.78.